The first-order valence-corrected chi connectivity index (χ1v) is 14.0. The van der Waals surface area contributed by atoms with Crippen molar-refractivity contribution < 1.29 is 28.4 Å². The molecular formula is C30H41N5O7. The summed E-state index contributed by atoms with van der Waals surface area (Å²) in [4.78, 5) is 73.6. The van der Waals surface area contributed by atoms with Gasteiger partial charge in [0.15, 0.2) is 0 Å². The maximum Gasteiger partial charge on any atom is 0.336 e. The SMILES string of the molecule is C/C=C/C(=O)NCCCC[C@H](NC(=O)CNC(=O)[C@H](CC(C)C)NC(C)=O)C(=O)Nc1ccc2c(C)cc(=O)oc2c1. The fraction of sp³-hybridized carbons (Fsp3) is 0.467. The van der Waals surface area contributed by atoms with E-state index in [0.29, 0.717) is 37.1 Å². The molecule has 0 bridgehead atoms. The van der Waals surface area contributed by atoms with E-state index in [-0.39, 0.29) is 24.2 Å². The molecule has 2 rings (SSSR count). The molecule has 0 unspecified atom stereocenters. The predicted molar refractivity (Wildman–Crippen MR) is 160 cm³/mol. The van der Waals surface area contributed by atoms with E-state index in [1.807, 2.05) is 13.8 Å². The van der Waals surface area contributed by atoms with E-state index in [9.17, 15) is 28.8 Å². The molecule has 5 amide bonds. The van der Waals surface area contributed by atoms with Gasteiger partial charge in [-0.2, -0.15) is 0 Å². The third-order valence-corrected chi connectivity index (χ3v) is 6.23. The summed E-state index contributed by atoms with van der Waals surface area (Å²) in [5, 5.41) is 14.0. The Morgan fingerprint density at radius 1 is 0.952 bits per heavy atom. The van der Waals surface area contributed by atoms with Gasteiger partial charge in [-0.05, 0) is 69.2 Å². The summed E-state index contributed by atoms with van der Waals surface area (Å²) in [6, 6.07) is 4.57. The van der Waals surface area contributed by atoms with Crippen molar-refractivity contribution in [3.05, 3.63) is 52.4 Å². The van der Waals surface area contributed by atoms with Gasteiger partial charge in [0, 0.05) is 36.7 Å². The number of allylic oxidation sites excluding steroid dienone is 1. The topological polar surface area (TPSA) is 176 Å². The first-order chi connectivity index (χ1) is 19.9. The fourth-order valence-electron chi connectivity index (χ4n) is 4.28. The van der Waals surface area contributed by atoms with Crippen molar-refractivity contribution in [1.82, 2.24) is 21.3 Å². The largest absolute Gasteiger partial charge is 0.423 e. The lowest BCUT2D eigenvalue weighted by Gasteiger charge is -2.21. The molecule has 0 radical (unpaired) electrons. The summed E-state index contributed by atoms with van der Waals surface area (Å²) in [5.74, 6) is -2.04. The van der Waals surface area contributed by atoms with Gasteiger partial charge in [-0.15, -0.1) is 0 Å². The normalized spacial score (nSPS) is 12.5. The number of hydrogen-bond donors (Lipinski definition) is 5. The molecule has 0 fully saturated rings. The molecule has 12 heteroatoms. The van der Waals surface area contributed by atoms with E-state index >= 15 is 0 Å². The monoisotopic (exact) mass is 583 g/mol. The van der Waals surface area contributed by atoms with Crippen molar-refractivity contribution in [2.45, 2.75) is 72.4 Å². The molecule has 0 aliphatic carbocycles. The number of nitrogens with one attached hydrogen (secondary N) is 5. The van der Waals surface area contributed by atoms with E-state index in [1.165, 1.54) is 25.1 Å². The van der Waals surface area contributed by atoms with E-state index in [2.05, 4.69) is 26.6 Å². The van der Waals surface area contributed by atoms with Crippen molar-refractivity contribution in [3.63, 3.8) is 0 Å². The quantitative estimate of drug-likeness (QED) is 0.121. The highest BCUT2D eigenvalue weighted by Gasteiger charge is 2.24. The Bertz CT molecular complexity index is 1370. The number of carbonyl (C=O) groups is 5. The van der Waals surface area contributed by atoms with Crippen molar-refractivity contribution in [2.75, 3.05) is 18.4 Å². The lowest BCUT2D eigenvalue weighted by Crippen LogP contribution is -2.51. The second kappa shape index (κ2) is 16.7. The van der Waals surface area contributed by atoms with Crippen molar-refractivity contribution >= 4 is 46.2 Å². The zero-order valence-electron chi connectivity index (χ0n) is 24.8. The molecule has 228 valence electrons. The van der Waals surface area contributed by atoms with E-state index in [0.717, 1.165) is 10.9 Å². The van der Waals surface area contributed by atoms with Gasteiger partial charge < -0.3 is 31.0 Å². The lowest BCUT2D eigenvalue weighted by atomic mass is 10.0. The molecular weight excluding hydrogens is 542 g/mol. The second-order valence-corrected chi connectivity index (χ2v) is 10.5. The highest BCUT2D eigenvalue weighted by atomic mass is 16.4. The van der Waals surface area contributed by atoms with Crippen LogP contribution in [0, 0.1) is 12.8 Å². The Morgan fingerprint density at radius 2 is 1.69 bits per heavy atom. The summed E-state index contributed by atoms with van der Waals surface area (Å²) in [5.41, 5.74) is 0.917. The fourth-order valence-corrected chi connectivity index (χ4v) is 4.28. The number of anilines is 1. The minimum absolute atomic E-state index is 0.129. The molecule has 1 aromatic carbocycles. The summed E-state index contributed by atoms with van der Waals surface area (Å²) in [6.07, 6.45) is 4.77. The zero-order valence-corrected chi connectivity index (χ0v) is 24.8. The van der Waals surface area contributed by atoms with Crippen LogP contribution in [0.5, 0.6) is 0 Å². The number of carbonyl (C=O) groups excluding carboxylic acids is 5. The van der Waals surface area contributed by atoms with E-state index < -0.39 is 42.0 Å². The Morgan fingerprint density at radius 3 is 2.36 bits per heavy atom. The predicted octanol–water partition coefficient (Wildman–Crippen LogP) is 2.05. The van der Waals surface area contributed by atoms with Gasteiger partial charge in [0.2, 0.25) is 29.5 Å². The standard InChI is InChI=1S/C30H41N5O7/c1-6-9-26(37)31-13-8-7-10-23(35-27(38)17-32-29(40)24(14-18(2)3)33-20(5)36)30(41)34-21-11-12-22-19(4)15-28(39)42-25(22)16-21/h6,9,11-12,15-16,18,23-24H,7-8,10,13-14,17H2,1-5H3,(H,31,37)(H,32,40)(H,33,36)(H,34,41)(H,35,38)/b9-6+/t23-,24-/m0/s1. The summed E-state index contributed by atoms with van der Waals surface area (Å²) in [7, 11) is 0. The summed E-state index contributed by atoms with van der Waals surface area (Å²) >= 11 is 0. The Kier molecular flexibility index (Phi) is 13.4. The highest BCUT2D eigenvalue weighted by Crippen LogP contribution is 2.21. The zero-order chi connectivity index (χ0) is 31.2. The number of hydrogen-bond acceptors (Lipinski definition) is 7. The number of aryl methyl sites for hydroxylation is 1. The molecule has 12 nitrogen and oxygen atoms in total. The number of benzene rings is 1. The maximum absolute atomic E-state index is 13.2. The Hall–Kier alpha value is -4.48. The number of fused-ring (bicyclic) bond motifs is 1. The molecule has 5 N–H and O–H groups in total. The van der Waals surface area contributed by atoms with Crippen LogP contribution in [0.2, 0.25) is 0 Å². The number of unbranched alkanes of at least 4 members (excludes halogenated alkanes) is 1. The highest BCUT2D eigenvalue weighted by molar-refractivity contribution is 5.99. The summed E-state index contributed by atoms with van der Waals surface area (Å²) in [6.45, 7) is 8.66. The van der Waals surface area contributed by atoms with Crippen molar-refractivity contribution in [3.8, 4) is 0 Å². The molecule has 0 aliphatic heterocycles. The maximum atomic E-state index is 13.2. The average molecular weight is 584 g/mol. The average Bonchev–Trinajstić information content (AvgIpc) is 2.89. The van der Waals surface area contributed by atoms with Crippen LogP contribution < -0.4 is 32.2 Å². The molecule has 2 aromatic rings. The molecule has 2 atom stereocenters. The van der Waals surface area contributed by atoms with Crippen LogP contribution in [-0.4, -0.2) is 54.7 Å². The minimum atomic E-state index is -0.956. The third-order valence-electron chi connectivity index (χ3n) is 6.23. The molecule has 1 heterocycles. The Labute approximate surface area is 245 Å². The molecule has 0 saturated heterocycles. The lowest BCUT2D eigenvalue weighted by molar-refractivity contribution is -0.130. The van der Waals surface area contributed by atoms with Crippen LogP contribution in [-0.2, 0) is 24.0 Å². The van der Waals surface area contributed by atoms with Crippen LogP contribution >= 0.6 is 0 Å². The van der Waals surface area contributed by atoms with Gasteiger partial charge in [-0.3, -0.25) is 24.0 Å². The van der Waals surface area contributed by atoms with E-state index in [1.54, 1.807) is 32.1 Å². The van der Waals surface area contributed by atoms with Crippen LogP contribution in [0.3, 0.4) is 0 Å². The van der Waals surface area contributed by atoms with Gasteiger partial charge in [0.25, 0.3) is 0 Å². The summed E-state index contributed by atoms with van der Waals surface area (Å²) < 4.78 is 5.26. The van der Waals surface area contributed by atoms with Crippen LogP contribution in [0.15, 0.2) is 45.6 Å². The van der Waals surface area contributed by atoms with E-state index in [4.69, 9.17) is 4.42 Å². The molecule has 0 spiro atoms. The van der Waals surface area contributed by atoms with Gasteiger partial charge in [0.1, 0.15) is 17.7 Å². The second-order valence-electron chi connectivity index (χ2n) is 10.5. The third kappa shape index (κ3) is 11.6. The smallest absolute Gasteiger partial charge is 0.336 e. The van der Waals surface area contributed by atoms with Crippen LogP contribution in [0.4, 0.5) is 5.69 Å². The molecule has 1 aromatic heterocycles. The van der Waals surface area contributed by atoms with Gasteiger partial charge in [0.05, 0.1) is 6.54 Å². The first kappa shape index (κ1) is 33.7. The molecule has 0 saturated carbocycles. The first-order valence-electron chi connectivity index (χ1n) is 14.0. The van der Waals surface area contributed by atoms with Crippen LogP contribution in [0.1, 0.15) is 58.9 Å². The van der Waals surface area contributed by atoms with Gasteiger partial charge in [-0.1, -0.05) is 19.9 Å². The van der Waals surface area contributed by atoms with Gasteiger partial charge >= 0.3 is 5.63 Å². The van der Waals surface area contributed by atoms with Crippen molar-refractivity contribution in [1.29, 1.82) is 0 Å². The number of amides is 5. The van der Waals surface area contributed by atoms with Crippen LogP contribution in [0.25, 0.3) is 11.0 Å². The van der Waals surface area contributed by atoms with Crippen molar-refractivity contribution in [2.24, 2.45) is 5.92 Å². The Balaban J connectivity index is 2.08. The number of rotatable bonds is 15. The minimum Gasteiger partial charge on any atom is -0.423 e. The van der Waals surface area contributed by atoms with Gasteiger partial charge in [-0.25, -0.2) is 4.79 Å². The molecule has 0 aliphatic rings. The molecule has 42 heavy (non-hydrogen) atoms.